The van der Waals surface area contributed by atoms with E-state index in [1.165, 1.54) is 21.8 Å². The molecule has 0 aromatic carbocycles. The molecule has 0 radical (unpaired) electrons. The summed E-state index contributed by atoms with van der Waals surface area (Å²) in [5.41, 5.74) is -1.51. The Balaban J connectivity index is 1.71. The van der Waals surface area contributed by atoms with Crippen LogP contribution in [0.1, 0.15) is 64.7 Å². The highest BCUT2D eigenvalue weighted by Crippen LogP contribution is 2.28. The van der Waals surface area contributed by atoms with E-state index in [2.05, 4.69) is 26.2 Å². The van der Waals surface area contributed by atoms with Crippen LogP contribution in [0.25, 0.3) is 6.08 Å². The highest BCUT2D eigenvalue weighted by atomic mass is 79.9. The zero-order valence-corrected chi connectivity index (χ0v) is 21.1. The summed E-state index contributed by atoms with van der Waals surface area (Å²) in [6, 6.07) is 0. The molecule has 1 aliphatic heterocycles. The van der Waals surface area contributed by atoms with Crippen molar-refractivity contribution >= 4 is 34.1 Å². The predicted molar refractivity (Wildman–Crippen MR) is 127 cm³/mol. The van der Waals surface area contributed by atoms with Crippen LogP contribution >= 0.6 is 15.9 Å². The van der Waals surface area contributed by atoms with Crippen molar-refractivity contribution in [1.29, 1.82) is 0 Å². The molecule has 0 saturated carbocycles. The Hall–Kier alpha value is -2.44. The van der Waals surface area contributed by atoms with Crippen LogP contribution in [0.4, 0.5) is 4.79 Å². The average molecular weight is 546 g/mol. The maximum atomic E-state index is 12.1. The Kier molecular flexibility index (Phi) is 10.5. The van der Waals surface area contributed by atoms with Gasteiger partial charge in [-0.15, -0.1) is 0 Å². The summed E-state index contributed by atoms with van der Waals surface area (Å²) in [6.45, 7) is 5.67. The van der Waals surface area contributed by atoms with Crippen LogP contribution in [-0.2, 0) is 19.0 Å². The number of hydrogen-bond donors (Lipinski definition) is 3. The number of aromatic nitrogens is 2. The van der Waals surface area contributed by atoms with E-state index in [4.69, 9.17) is 14.2 Å². The van der Waals surface area contributed by atoms with Gasteiger partial charge in [0.1, 0.15) is 24.5 Å². The second kappa shape index (κ2) is 12.9. The lowest BCUT2D eigenvalue weighted by atomic mass is 10.2. The third-order valence-electron chi connectivity index (χ3n) is 4.89. The number of nitrogens with one attached hydrogen (secondary N) is 2. The zero-order valence-electron chi connectivity index (χ0n) is 19.5. The number of H-pyrrole nitrogens is 1. The van der Waals surface area contributed by atoms with E-state index in [-0.39, 0.29) is 25.0 Å². The summed E-state index contributed by atoms with van der Waals surface area (Å²) in [5.74, 6) is -0.426. The summed E-state index contributed by atoms with van der Waals surface area (Å²) in [4.78, 5) is 51.2. The molecule has 1 aromatic rings. The number of aliphatic hydroxyl groups is 1. The molecule has 0 spiro atoms. The first-order chi connectivity index (χ1) is 16.0. The van der Waals surface area contributed by atoms with Gasteiger partial charge in [0, 0.05) is 25.6 Å². The van der Waals surface area contributed by atoms with Crippen LogP contribution in [0, 0.1) is 0 Å². The fraction of sp³-hybridized carbons (Fsp3) is 0.636. The van der Waals surface area contributed by atoms with Gasteiger partial charge >= 0.3 is 17.8 Å². The number of aromatic amines is 1. The number of unbranched alkanes of at least 4 members (excludes halogenated alkanes) is 2. The maximum absolute atomic E-state index is 12.1. The Labute approximate surface area is 205 Å². The minimum Gasteiger partial charge on any atom is -0.463 e. The third kappa shape index (κ3) is 9.07. The molecule has 34 heavy (non-hydrogen) atoms. The minimum absolute atomic E-state index is 0.107. The number of ether oxygens (including phenoxy) is 3. The van der Waals surface area contributed by atoms with Gasteiger partial charge in [0.05, 0.1) is 11.7 Å². The van der Waals surface area contributed by atoms with E-state index in [0.29, 0.717) is 19.4 Å². The first kappa shape index (κ1) is 27.8. The number of carbonyl (C=O) groups is 2. The molecule has 0 bridgehead atoms. The van der Waals surface area contributed by atoms with Gasteiger partial charge in [0.15, 0.2) is 0 Å². The lowest BCUT2D eigenvalue weighted by Gasteiger charge is -2.19. The lowest BCUT2D eigenvalue weighted by molar-refractivity contribution is -0.150. The van der Waals surface area contributed by atoms with Crippen LogP contribution in [0.2, 0.25) is 0 Å². The van der Waals surface area contributed by atoms with Gasteiger partial charge in [-0.2, -0.15) is 0 Å². The maximum Gasteiger partial charge on any atom is 0.407 e. The van der Waals surface area contributed by atoms with E-state index >= 15 is 0 Å². The Morgan fingerprint density at radius 2 is 2.06 bits per heavy atom. The molecular weight excluding hydrogens is 514 g/mol. The molecule has 11 nitrogen and oxygen atoms in total. The summed E-state index contributed by atoms with van der Waals surface area (Å²) in [6.07, 6.45) is 2.12. The molecule has 0 unspecified atom stereocenters. The van der Waals surface area contributed by atoms with Crippen molar-refractivity contribution in [2.75, 3.05) is 13.2 Å². The van der Waals surface area contributed by atoms with E-state index in [0.717, 1.165) is 6.42 Å². The molecule has 1 saturated heterocycles. The van der Waals surface area contributed by atoms with Crippen LogP contribution in [0.5, 0.6) is 0 Å². The van der Waals surface area contributed by atoms with Gasteiger partial charge in [-0.1, -0.05) is 22.4 Å². The molecule has 0 aliphatic carbocycles. The molecule has 12 heteroatoms. The SMILES string of the molecule is CC(C)(C)OC(=O)NCCCCCC(=O)OC[C@H]1O[C@@H](n2cc(/C=C/Br)c(=O)[nH]c2=O)C[C@@H]1O. The monoisotopic (exact) mass is 545 g/mol. The summed E-state index contributed by atoms with van der Waals surface area (Å²) < 4.78 is 17.3. The molecule has 2 heterocycles. The standard InChI is InChI=1S/C22H32BrN3O8/c1-22(2,3)34-21(31)24-10-6-4-5-7-18(28)32-13-16-15(27)11-17(33-16)26-12-14(8-9-23)19(29)25-20(26)30/h8-9,12,15-17,27H,4-7,10-11,13H2,1-3H3,(H,24,31)(H,25,29,30)/b9-8+/t15-,16+,17+/m0/s1. The van der Waals surface area contributed by atoms with E-state index in [9.17, 15) is 24.3 Å². The second-order valence-corrected chi connectivity index (χ2v) is 9.43. The zero-order chi connectivity index (χ0) is 25.3. The normalized spacial score (nSPS) is 20.4. The van der Waals surface area contributed by atoms with Crippen molar-refractivity contribution in [3.8, 4) is 0 Å². The van der Waals surface area contributed by atoms with E-state index in [1.54, 1.807) is 20.8 Å². The molecule has 1 fully saturated rings. The minimum atomic E-state index is -0.939. The number of esters is 1. The molecular formula is C22H32BrN3O8. The van der Waals surface area contributed by atoms with Gasteiger partial charge in [0.25, 0.3) is 5.56 Å². The molecule has 1 aliphatic rings. The average Bonchev–Trinajstić information content (AvgIpc) is 3.10. The molecule has 1 amide bonds. The van der Waals surface area contributed by atoms with Crippen molar-refractivity contribution in [1.82, 2.24) is 14.9 Å². The van der Waals surface area contributed by atoms with Crippen molar-refractivity contribution in [3.63, 3.8) is 0 Å². The van der Waals surface area contributed by atoms with Crippen LogP contribution in [-0.4, -0.2) is 57.7 Å². The number of amides is 1. The molecule has 2 rings (SSSR count). The number of aliphatic hydroxyl groups excluding tert-OH is 1. The molecule has 1 aromatic heterocycles. The molecule has 3 N–H and O–H groups in total. The Morgan fingerprint density at radius 1 is 1.32 bits per heavy atom. The predicted octanol–water partition coefficient (Wildman–Crippen LogP) is 2.18. The van der Waals surface area contributed by atoms with Crippen LogP contribution < -0.4 is 16.6 Å². The van der Waals surface area contributed by atoms with Gasteiger partial charge in [-0.05, 0) is 44.7 Å². The van der Waals surface area contributed by atoms with Crippen molar-refractivity contribution < 1.29 is 28.9 Å². The van der Waals surface area contributed by atoms with Crippen molar-refractivity contribution in [2.24, 2.45) is 0 Å². The highest BCUT2D eigenvalue weighted by Gasteiger charge is 2.36. The van der Waals surface area contributed by atoms with Crippen molar-refractivity contribution in [3.05, 3.63) is 37.6 Å². The quantitative estimate of drug-likeness (QED) is 0.299. The largest absolute Gasteiger partial charge is 0.463 e. The number of nitrogens with zero attached hydrogens (tertiary/aromatic N) is 1. The number of alkyl carbamates (subject to hydrolysis) is 1. The summed E-state index contributed by atoms with van der Waals surface area (Å²) >= 11 is 3.08. The number of hydrogen-bond acceptors (Lipinski definition) is 8. The van der Waals surface area contributed by atoms with Gasteiger partial charge < -0.3 is 24.6 Å². The topological polar surface area (TPSA) is 149 Å². The molecule has 190 valence electrons. The first-order valence-electron chi connectivity index (χ1n) is 11.1. The second-order valence-electron chi connectivity index (χ2n) is 8.90. The van der Waals surface area contributed by atoms with Crippen LogP contribution in [0.15, 0.2) is 20.8 Å². The number of halogens is 1. The third-order valence-corrected chi connectivity index (χ3v) is 5.15. The fourth-order valence-corrected chi connectivity index (χ4v) is 3.55. The first-order valence-corrected chi connectivity index (χ1v) is 12.0. The van der Waals surface area contributed by atoms with Crippen LogP contribution in [0.3, 0.4) is 0 Å². The Bertz CT molecular complexity index is 982. The van der Waals surface area contributed by atoms with E-state index < -0.39 is 47.3 Å². The fourth-order valence-electron chi connectivity index (χ4n) is 3.26. The smallest absolute Gasteiger partial charge is 0.407 e. The number of rotatable bonds is 10. The lowest BCUT2D eigenvalue weighted by Crippen LogP contribution is -2.33. The van der Waals surface area contributed by atoms with E-state index in [1.807, 2.05) is 0 Å². The molecule has 3 atom stereocenters. The summed E-state index contributed by atoms with van der Waals surface area (Å²) in [7, 11) is 0. The van der Waals surface area contributed by atoms with Gasteiger partial charge in [0.2, 0.25) is 0 Å². The Morgan fingerprint density at radius 3 is 2.74 bits per heavy atom. The number of carbonyl (C=O) groups excluding carboxylic acids is 2. The van der Waals surface area contributed by atoms with Gasteiger partial charge in [-0.25, -0.2) is 9.59 Å². The summed E-state index contributed by atoms with van der Waals surface area (Å²) in [5, 5.41) is 12.9. The van der Waals surface area contributed by atoms with Gasteiger partial charge in [-0.3, -0.25) is 19.1 Å². The van der Waals surface area contributed by atoms with Crippen molar-refractivity contribution in [2.45, 2.75) is 76.9 Å². The highest BCUT2D eigenvalue weighted by molar-refractivity contribution is 9.11.